The first kappa shape index (κ1) is 14.8. The van der Waals surface area contributed by atoms with Crippen LogP contribution in [-0.2, 0) is 0 Å². The van der Waals surface area contributed by atoms with Crippen LogP contribution in [0.1, 0.15) is 10.4 Å². The number of benzene rings is 1. The smallest absolute Gasteiger partial charge is 0.338 e. The molecule has 0 atom stereocenters. The summed E-state index contributed by atoms with van der Waals surface area (Å²) in [5.74, 6) is -0.161. The molecule has 0 radical (unpaired) electrons. The second kappa shape index (κ2) is 6.74. The van der Waals surface area contributed by atoms with E-state index >= 15 is 0 Å². The van der Waals surface area contributed by atoms with Crippen molar-refractivity contribution in [1.82, 2.24) is 10.3 Å². The zero-order valence-corrected chi connectivity index (χ0v) is 12.3. The lowest BCUT2D eigenvalue weighted by Gasteiger charge is -2.09. The average molecular weight is 309 g/mol. The standard InChI is InChI=1S/C17H15N3O3/c21-16-11-14(13-3-1-2-4-15(13)23-16)19-9-10-20-17(22)12-5-7-18-8-6-12/h1-8,11,19H,9-10H2,(H,20,22). The quantitative estimate of drug-likeness (QED) is 0.556. The van der Waals surface area contributed by atoms with E-state index in [1.54, 1.807) is 30.6 Å². The SMILES string of the molecule is O=C(NCCNc1cc(=O)oc2ccccc12)c1ccncc1. The van der Waals surface area contributed by atoms with Crippen LogP contribution in [0.5, 0.6) is 0 Å². The minimum atomic E-state index is -0.410. The Balaban J connectivity index is 1.61. The van der Waals surface area contributed by atoms with E-state index in [0.29, 0.717) is 29.9 Å². The van der Waals surface area contributed by atoms with Crippen LogP contribution < -0.4 is 16.3 Å². The van der Waals surface area contributed by atoms with Gasteiger partial charge in [0, 0.05) is 42.5 Å². The lowest BCUT2D eigenvalue weighted by atomic mass is 10.2. The molecule has 0 aliphatic heterocycles. The Morgan fingerprint density at radius 3 is 2.70 bits per heavy atom. The summed E-state index contributed by atoms with van der Waals surface area (Å²) >= 11 is 0. The number of hydrogen-bond donors (Lipinski definition) is 2. The van der Waals surface area contributed by atoms with Crippen LogP contribution in [0.15, 0.2) is 64.1 Å². The molecule has 2 aromatic heterocycles. The molecule has 6 nitrogen and oxygen atoms in total. The van der Waals surface area contributed by atoms with Crippen LogP contribution in [0.25, 0.3) is 11.0 Å². The third-order valence-electron chi connectivity index (χ3n) is 3.32. The van der Waals surface area contributed by atoms with Crippen molar-refractivity contribution < 1.29 is 9.21 Å². The molecule has 0 unspecified atom stereocenters. The van der Waals surface area contributed by atoms with Crippen LogP contribution in [-0.4, -0.2) is 24.0 Å². The first-order valence-corrected chi connectivity index (χ1v) is 7.19. The Morgan fingerprint density at radius 1 is 1.09 bits per heavy atom. The highest BCUT2D eigenvalue weighted by Gasteiger charge is 2.06. The van der Waals surface area contributed by atoms with Gasteiger partial charge in [0.1, 0.15) is 5.58 Å². The monoisotopic (exact) mass is 309 g/mol. The molecule has 23 heavy (non-hydrogen) atoms. The maximum Gasteiger partial charge on any atom is 0.338 e. The van der Waals surface area contributed by atoms with Gasteiger partial charge in [-0.3, -0.25) is 9.78 Å². The maximum atomic E-state index is 11.9. The molecule has 116 valence electrons. The third kappa shape index (κ3) is 3.55. The largest absolute Gasteiger partial charge is 0.423 e. The van der Waals surface area contributed by atoms with Crippen molar-refractivity contribution in [3.63, 3.8) is 0 Å². The Labute approximate surface area is 132 Å². The summed E-state index contributed by atoms with van der Waals surface area (Å²) in [5, 5.41) is 6.78. The predicted octanol–water partition coefficient (Wildman–Crippen LogP) is 2.03. The van der Waals surface area contributed by atoms with E-state index in [-0.39, 0.29) is 5.91 Å². The fourth-order valence-electron chi connectivity index (χ4n) is 2.24. The molecule has 2 N–H and O–H groups in total. The molecular weight excluding hydrogens is 294 g/mol. The normalized spacial score (nSPS) is 10.4. The summed E-state index contributed by atoms with van der Waals surface area (Å²) < 4.78 is 5.13. The molecule has 0 spiro atoms. The van der Waals surface area contributed by atoms with Crippen molar-refractivity contribution in [2.75, 3.05) is 18.4 Å². The molecule has 6 heteroatoms. The number of hydrogen-bond acceptors (Lipinski definition) is 5. The highest BCUT2D eigenvalue weighted by atomic mass is 16.4. The van der Waals surface area contributed by atoms with Gasteiger partial charge in [-0.1, -0.05) is 12.1 Å². The van der Waals surface area contributed by atoms with Gasteiger partial charge in [-0.25, -0.2) is 4.79 Å². The summed E-state index contributed by atoms with van der Waals surface area (Å²) in [5.41, 5.74) is 1.37. The van der Waals surface area contributed by atoms with Crippen LogP contribution in [0.3, 0.4) is 0 Å². The van der Waals surface area contributed by atoms with Gasteiger partial charge in [-0.15, -0.1) is 0 Å². The van der Waals surface area contributed by atoms with Gasteiger partial charge in [0.15, 0.2) is 0 Å². The van der Waals surface area contributed by atoms with Crippen LogP contribution in [0.2, 0.25) is 0 Å². The van der Waals surface area contributed by atoms with Crippen molar-refractivity contribution in [3.8, 4) is 0 Å². The van der Waals surface area contributed by atoms with Crippen molar-refractivity contribution in [1.29, 1.82) is 0 Å². The number of anilines is 1. The molecule has 0 saturated carbocycles. The predicted molar refractivity (Wildman–Crippen MR) is 87.5 cm³/mol. The average Bonchev–Trinajstić information content (AvgIpc) is 2.59. The topological polar surface area (TPSA) is 84.2 Å². The number of fused-ring (bicyclic) bond motifs is 1. The van der Waals surface area contributed by atoms with Gasteiger partial charge in [-0.05, 0) is 24.3 Å². The number of para-hydroxylation sites is 1. The van der Waals surface area contributed by atoms with Gasteiger partial charge < -0.3 is 15.1 Å². The number of aromatic nitrogens is 1. The maximum absolute atomic E-state index is 11.9. The zero-order chi connectivity index (χ0) is 16.1. The summed E-state index contributed by atoms with van der Waals surface area (Å²) in [6.45, 7) is 0.917. The van der Waals surface area contributed by atoms with Crippen molar-refractivity contribution >= 4 is 22.6 Å². The summed E-state index contributed by atoms with van der Waals surface area (Å²) in [6.07, 6.45) is 3.14. The van der Waals surface area contributed by atoms with Crippen molar-refractivity contribution in [2.45, 2.75) is 0 Å². The Bertz CT molecular complexity index is 875. The highest BCUT2D eigenvalue weighted by Crippen LogP contribution is 2.20. The number of pyridine rings is 1. The van der Waals surface area contributed by atoms with Gasteiger partial charge >= 0.3 is 5.63 Å². The number of carbonyl (C=O) groups excluding carboxylic acids is 1. The molecular formula is C17H15N3O3. The number of carbonyl (C=O) groups is 1. The van der Waals surface area contributed by atoms with Crippen LogP contribution in [0, 0.1) is 0 Å². The number of nitrogens with one attached hydrogen (secondary N) is 2. The lowest BCUT2D eigenvalue weighted by Crippen LogP contribution is -2.28. The minimum Gasteiger partial charge on any atom is -0.423 e. The molecule has 0 fully saturated rings. The van der Waals surface area contributed by atoms with Gasteiger partial charge in [0.05, 0.1) is 5.69 Å². The molecule has 1 aromatic carbocycles. The van der Waals surface area contributed by atoms with E-state index in [9.17, 15) is 9.59 Å². The van der Waals surface area contributed by atoms with E-state index < -0.39 is 5.63 Å². The van der Waals surface area contributed by atoms with Gasteiger partial charge in [0.2, 0.25) is 0 Å². The molecule has 1 amide bonds. The summed E-state index contributed by atoms with van der Waals surface area (Å²) in [7, 11) is 0. The number of rotatable bonds is 5. The van der Waals surface area contributed by atoms with Crippen molar-refractivity contribution in [3.05, 3.63) is 70.8 Å². The molecule has 0 aliphatic carbocycles. The molecule has 3 rings (SSSR count). The molecule has 0 bridgehead atoms. The fourth-order valence-corrected chi connectivity index (χ4v) is 2.24. The molecule has 0 saturated heterocycles. The van der Waals surface area contributed by atoms with Gasteiger partial charge in [-0.2, -0.15) is 0 Å². The first-order chi connectivity index (χ1) is 11.2. The van der Waals surface area contributed by atoms with E-state index in [2.05, 4.69) is 15.6 Å². The Kier molecular flexibility index (Phi) is 4.33. The van der Waals surface area contributed by atoms with Gasteiger partial charge in [0.25, 0.3) is 5.91 Å². The van der Waals surface area contributed by atoms with Crippen LogP contribution >= 0.6 is 0 Å². The van der Waals surface area contributed by atoms with E-state index in [1.165, 1.54) is 6.07 Å². The van der Waals surface area contributed by atoms with Crippen LogP contribution in [0.4, 0.5) is 5.69 Å². The van der Waals surface area contributed by atoms with E-state index in [4.69, 9.17) is 4.42 Å². The van der Waals surface area contributed by atoms with Crippen molar-refractivity contribution in [2.24, 2.45) is 0 Å². The highest BCUT2D eigenvalue weighted by molar-refractivity contribution is 5.94. The first-order valence-electron chi connectivity index (χ1n) is 7.19. The molecule has 3 aromatic rings. The zero-order valence-electron chi connectivity index (χ0n) is 12.3. The molecule has 2 heterocycles. The summed E-state index contributed by atoms with van der Waals surface area (Å²) in [6, 6.07) is 12.0. The minimum absolute atomic E-state index is 0.161. The molecule has 0 aliphatic rings. The van der Waals surface area contributed by atoms with E-state index in [0.717, 1.165) is 5.39 Å². The summed E-state index contributed by atoms with van der Waals surface area (Å²) in [4.78, 5) is 27.3. The second-order valence-electron chi connectivity index (χ2n) is 4.89. The number of amides is 1. The second-order valence-corrected chi connectivity index (χ2v) is 4.89. The van der Waals surface area contributed by atoms with E-state index in [1.807, 2.05) is 18.2 Å². The number of nitrogens with zero attached hydrogens (tertiary/aromatic N) is 1. The Hall–Kier alpha value is -3.15. The Morgan fingerprint density at radius 2 is 1.87 bits per heavy atom. The third-order valence-corrected chi connectivity index (χ3v) is 3.32. The lowest BCUT2D eigenvalue weighted by molar-refractivity contribution is 0.0955. The fraction of sp³-hybridized carbons (Fsp3) is 0.118.